The molecule has 0 bridgehead atoms. The fourth-order valence-electron chi connectivity index (χ4n) is 4.09. The minimum atomic E-state index is -0.694. The number of rotatable bonds is 7. The Hall–Kier alpha value is -2.13. The first kappa shape index (κ1) is 16.7. The number of carbonyl (C=O) groups is 1. The first-order chi connectivity index (χ1) is 11.6. The summed E-state index contributed by atoms with van der Waals surface area (Å²) in [5, 5.41) is 0. The van der Waals surface area contributed by atoms with Gasteiger partial charge in [-0.3, -0.25) is 4.79 Å². The van der Waals surface area contributed by atoms with Gasteiger partial charge in [-0.15, -0.1) is 0 Å². The predicted molar refractivity (Wildman–Crippen MR) is 98.9 cm³/mol. The molecule has 0 saturated carbocycles. The molecule has 126 valence electrons. The minimum Gasteiger partial charge on any atom is -0.369 e. The maximum absolute atomic E-state index is 12.7. The lowest BCUT2D eigenvalue weighted by Crippen LogP contribution is -2.41. The Morgan fingerprint density at radius 2 is 1.46 bits per heavy atom. The maximum atomic E-state index is 12.7. The van der Waals surface area contributed by atoms with Crippen molar-refractivity contribution in [3.05, 3.63) is 59.7 Å². The van der Waals surface area contributed by atoms with Crippen LogP contribution in [-0.2, 0) is 10.2 Å². The summed E-state index contributed by atoms with van der Waals surface area (Å²) in [5.74, 6) is -0.237. The highest BCUT2D eigenvalue weighted by molar-refractivity contribution is 5.99. The lowest BCUT2D eigenvalue weighted by molar-refractivity contribution is -0.122. The van der Waals surface area contributed by atoms with Crippen LogP contribution in [0.4, 0.5) is 0 Å². The van der Waals surface area contributed by atoms with Crippen LogP contribution in [0.3, 0.4) is 0 Å². The van der Waals surface area contributed by atoms with Gasteiger partial charge in [0.25, 0.3) is 0 Å². The molecule has 3 rings (SSSR count). The fraction of sp³-hybridized carbons (Fsp3) is 0.381. The summed E-state index contributed by atoms with van der Waals surface area (Å²) in [4.78, 5) is 15.1. The van der Waals surface area contributed by atoms with E-state index in [9.17, 15) is 4.79 Å². The smallest absolute Gasteiger partial charge is 0.232 e. The quantitative estimate of drug-likeness (QED) is 0.847. The molecule has 0 saturated heterocycles. The van der Waals surface area contributed by atoms with Crippen molar-refractivity contribution in [2.45, 2.75) is 32.1 Å². The Morgan fingerprint density at radius 3 is 1.92 bits per heavy atom. The number of amides is 1. The summed E-state index contributed by atoms with van der Waals surface area (Å²) in [6.07, 6.45) is 1.71. The van der Waals surface area contributed by atoms with Crippen LogP contribution in [-0.4, -0.2) is 30.4 Å². The third-order valence-corrected chi connectivity index (χ3v) is 5.41. The highest BCUT2D eigenvalue weighted by atomic mass is 16.1. The molecule has 0 spiro atoms. The number of hydrogen-bond donors (Lipinski definition) is 1. The monoisotopic (exact) mass is 322 g/mol. The molecule has 1 amide bonds. The number of primary amides is 1. The summed E-state index contributed by atoms with van der Waals surface area (Å²) in [5.41, 5.74) is 9.73. The average Bonchev–Trinajstić information content (AvgIpc) is 2.90. The van der Waals surface area contributed by atoms with E-state index in [1.54, 1.807) is 0 Å². The van der Waals surface area contributed by atoms with Crippen LogP contribution in [0.15, 0.2) is 48.5 Å². The van der Waals surface area contributed by atoms with E-state index in [4.69, 9.17) is 5.73 Å². The van der Waals surface area contributed by atoms with Gasteiger partial charge in [-0.25, -0.2) is 0 Å². The van der Waals surface area contributed by atoms with Crippen molar-refractivity contribution in [2.75, 3.05) is 19.6 Å². The molecule has 3 heteroatoms. The molecule has 0 aromatic heterocycles. The lowest BCUT2D eigenvalue weighted by atomic mass is 9.74. The van der Waals surface area contributed by atoms with Crippen LogP contribution in [0.2, 0.25) is 0 Å². The second-order valence-corrected chi connectivity index (χ2v) is 6.49. The van der Waals surface area contributed by atoms with Crippen LogP contribution < -0.4 is 5.73 Å². The van der Waals surface area contributed by atoms with E-state index in [1.165, 1.54) is 0 Å². The highest BCUT2D eigenvalue weighted by Gasteiger charge is 2.47. The summed E-state index contributed by atoms with van der Waals surface area (Å²) >= 11 is 0. The predicted octanol–water partition coefficient (Wildman–Crippen LogP) is 3.56. The van der Waals surface area contributed by atoms with E-state index in [0.29, 0.717) is 0 Å². The van der Waals surface area contributed by atoms with Crippen molar-refractivity contribution < 1.29 is 4.79 Å². The molecule has 0 radical (unpaired) electrons. The van der Waals surface area contributed by atoms with Crippen molar-refractivity contribution in [1.82, 2.24) is 4.90 Å². The van der Waals surface area contributed by atoms with E-state index in [2.05, 4.69) is 43.0 Å². The van der Waals surface area contributed by atoms with Crippen molar-refractivity contribution in [2.24, 2.45) is 5.73 Å². The van der Waals surface area contributed by atoms with E-state index in [-0.39, 0.29) is 5.91 Å². The van der Waals surface area contributed by atoms with Crippen LogP contribution in [0.1, 0.15) is 37.8 Å². The zero-order chi connectivity index (χ0) is 17.2. The average molecular weight is 322 g/mol. The van der Waals surface area contributed by atoms with Gasteiger partial charge in [-0.2, -0.15) is 0 Å². The normalized spacial score (nSPS) is 14.5. The second kappa shape index (κ2) is 6.78. The van der Waals surface area contributed by atoms with E-state index < -0.39 is 5.41 Å². The third kappa shape index (κ3) is 2.53. The van der Waals surface area contributed by atoms with Gasteiger partial charge >= 0.3 is 0 Å². The van der Waals surface area contributed by atoms with Crippen LogP contribution in [0, 0.1) is 0 Å². The van der Waals surface area contributed by atoms with E-state index in [1.807, 2.05) is 24.3 Å². The number of hydrogen-bond acceptors (Lipinski definition) is 2. The molecule has 0 aliphatic heterocycles. The Bertz CT molecular complexity index is 689. The largest absolute Gasteiger partial charge is 0.369 e. The van der Waals surface area contributed by atoms with Gasteiger partial charge in [-0.05, 0) is 54.7 Å². The SMILES string of the molecule is CCN(CC)CCCC1(C(N)=O)c2ccccc2-c2ccccc21. The zero-order valence-corrected chi connectivity index (χ0v) is 14.6. The summed E-state index contributed by atoms with van der Waals surface area (Å²) in [7, 11) is 0. The van der Waals surface area contributed by atoms with Gasteiger partial charge in [0, 0.05) is 0 Å². The minimum absolute atomic E-state index is 0.237. The lowest BCUT2D eigenvalue weighted by Gasteiger charge is -2.29. The molecule has 1 aliphatic rings. The van der Waals surface area contributed by atoms with Crippen molar-refractivity contribution in [3.8, 4) is 11.1 Å². The van der Waals surface area contributed by atoms with Crippen molar-refractivity contribution >= 4 is 5.91 Å². The highest BCUT2D eigenvalue weighted by Crippen LogP contribution is 2.51. The van der Waals surface area contributed by atoms with E-state index in [0.717, 1.165) is 54.7 Å². The van der Waals surface area contributed by atoms with Gasteiger partial charge in [0.15, 0.2) is 0 Å². The third-order valence-electron chi connectivity index (χ3n) is 5.41. The molecule has 0 fully saturated rings. The topological polar surface area (TPSA) is 46.3 Å². The second-order valence-electron chi connectivity index (χ2n) is 6.49. The molecular weight excluding hydrogens is 296 g/mol. The Labute approximate surface area is 144 Å². The van der Waals surface area contributed by atoms with Gasteiger partial charge in [0.2, 0.25) is 5.91 Å². The molecule has 0 unspecified atom stereocenters. The zero-order valence-electron chi connectivity index (χ0n) is 14.6. The first-order valence-corrected chi connectivity index (χ1v) is 8.86. The molecule has 2 aromatic carbocycles. The van der Waals surface area contributed by atoms with Crippen LogP contribution >= 0.6 is 0 Å². The fourth-order valence-corrected chi connectivity index (χ4v) is 4.09. The molecule has 0 heterocycles. The van der Waals surface area contributed by atoms with Gasteiger partial charge < -0.3 is 10.6 Å². The molecule has 3 nitrogen and oxygen atoms in total. The number of nitrogens with zero attached hydrogens (tertiary/aromatic N) is 1. The maximum Gasteiger partial charge on any atom is 0.232 e. The molecule has 24 heavy (non-hydrogen) atoms. The number of carbonyl (C=O) groups excluding carboxylic acids is 1. The summed E-state index contributed by atoms with van der Waals surface area (Å²) in [6.45, 7) is 7.41. The number of nitrogens with two attached hydrogens (primary N) is 1. The molecule has 1 aliphatic carbocycles. The Kier molecular flexibility index (Phi) is 4.72. The molecule has 2 N–H and O–H groups in total. The summed E-state index contributed by atoms with van der Waals surface area (Å²) in [6, 6.07) is 16.4. The first-order valence-electron chi connectivity index (χ1n) is 8.86. The summed E-state index contributed by atoms with van der Waals surface area (Å²) < 4.78 is 0. The van der Waals surface area contributed by atoms with Gasteiger partial charge in [0.1, 0.15) is 0 Å². The number of fused-ring (bicyclic) bond motifs is 3. The van der Waals surface area contributed by atoms with Crippen molar-refractivity contribution in [3.63, 3.8) is 0 Å². The van der Waals surface area contributed by atoms with Crippen molar-refractivity contribution in [1.29, 1.82) is 0 Å². The molecule has 0 atom stereocenters. The van der Waals surface area contributed by atoms with Crippen LogP contribution in [0.5, 0.6) is 0 Å². The van der Waals surface area contributed by atoms with Gasteiger partial charge in [0.05, 0.1) is 5.41 Å². The van der Waals surface area contributed by atoms with Crippen LogP contribution in [0.25, 0.3) is 11.1 Å². The Balaban J connectivity index is 2.02. The number of benzene rings is 2. The van der Waals surface area contributed by atoms with Gasteiger partial charge in [-0.1, -0.05) is 62.4 Å². The standard InChI is InChI=1S/C21H26N2O/c1-3-23(4-2)15-9-14-21(20(22)24)18-12-7-5-10-16(18)17-11-6-8-13-19(17)21/h5-8,10-13H,3-4,9,14-15H2,1-2H3,(H2,22,24). The molecule has 2 aromatic rings. The van der Waals surface area contributed by atoms with E-state index >= 15 is 0 Å². The molecular formula is C21H26N2O. The Morgan fingerprint density at radius 1 is 0.958 bits per heavy atom.